The minimum Gasteiger partial charge on any atom is -0.479 e. The highest BCUT2D eigenvalue weighted by atomic mass is 32.2. The predicted molar refractivity (Wildman–Crippen MR) is 98.0 cm³/mol. The lowest BCUT2D eigenvalue weighted by atomic mass is 9.93. The zero-order valence-corrected chi connectivity index (χ0v) is 15.6. The van der Waals surface area contributed by atoms with Gasteiger partial charge in [-0.3, -0.25) is 0 Å². The smallest absolute Gasteiger partial charge is 0.348 e. The Morgan fingerprint density at radius 2 is 1.72 bits per heavy atom. The van der Waals surface area contributed by atoms with Crippen LogP contribution >= 0.6 is 11.9 Å². The van der Waals surface area contributed by atoms with Crippen LogP contribution in [-0.2, 0) is 20.7 Å². The van der Waals surface area contributed by atoms with E-state index in [1.165, 1.54) is 6.42 Å². The number of hydrogen-bond acceptors (Lipinski definition) is 5. The van der Waals surface area contributed by atoms with Crippen LogP contribution in [0.1, 0.15) is 39.2 Å². The number of anilines is 1. The van der Waals surface area contributed by atoms with E-state index in [9.17, 15) is 19.8 Å². The summed E-state index contributed by atoms with van der Waals surface area (Å²) in [6, 6.07) is 7.35. The molecule has 1 aliphatic heterocycles. The van der Waals surface area contributed by atoms with Crippen LogP contribution < -0.4 is 4.31 Å². The van der Waals surface area contributed by atoms with Crippen molar-refractivity contribution in [3.8, 4) is 0 Å². The van der Waals surface area contributed by atoms with Crippen molar-refractivity contribution in [1.29, 1.82) is 0 Å². The van der Waals surface area contributed by atoms with E-state index in [1.54, 1.807) is 44.9 Å². The molecule has 1 saturated heterocycles. The van der Waals surface area contributed by atoms with Gasteiger partial charge in [0.05, 0.1) is 5.60 Å². The highest BCUT2D eigenvalue weighted by Crippen LogP contribution is 2.30. The molecule has 1 aromatic rings. The molecule has 1 aromatic carbocycles. The molecule has 1 fully saturated rings. The van der Waals surface area contributed by atoms with Crippen molar-refractivity contribution in [2.24, 2.45) is 0 Å². The molecule has 6 nitrogen and oxygen atoms in total. The van der Waals surface area contributed by atoms with Crippen LogP contribution in [0.25, 0.3) is 0 Å². The Morgan fingerprint density at radius 1 is 1.12 bits per heavy atom. The standard InChI is InChI=1S/C18H25NO5S/c1-17(2,3)24-18(15(20)21,16(22)23)12-13-6-8-14(9-7-13)19-10-4-5-11-25-19/h6-9H,4-5,10-12H2,1-3H3,(H,20,21)(H,22,23). The van der Waals surface area contributed by atoms with Crippen molar-refractivity contribution in [1.82, 2.24) is 0 Å². The SMILES string of the molecule is CC(C)(C)OC(Cc1ccc(N2CCCCS2)cc1)(C(=O)O)C(=O)O. The van der Waals surface area contributed by atoms with Crippen LogP contribution in [-0.4, -0.2) is 45.7 Å². The molecule has 0 amide bonds. The number of benzene rings is 1. The predicted octanol–water partition coefficient (Wildman–Crippen LogP) is 3.20. The topological polar surface area (TPSA) is 87.1 Å². The number of aliphatic carboxylic acids is 2. The van der Waals surface area contributed by atoms with Crippen molar-refractivity contribution in [2.75, 3.05) is 16.6 Å². The van der Waals surface area contributed by atoms with Gasteiger partial charge in [-0.1, -0.05) is 12.1 Å². The lowest BCUT2D eigenvalue weighted by molar-refractivity contribution is -0.199. The van der Waals surface area contributed by atoms with Crippen molar-refractivity contribution in [3.63, 3.8) is 0 Å². The van der Waals surface area contributed by atoms with E-state index in [2.05, 4.69) is 4.31 Å². The Kier molecular flexibility index (Phi) is 6.00. The third kappa shape index (κ3) is 4.89. The molecule has 2 rings (SSSR count). The molecular weight excluding hydrogens is 342 g/mol. The normalized spacial score (nSPS) is 15.9. The fraction of sp³-hybridized carbons (Fsp3) is 0.556. The van der Waals surface area contributed by atoms with E-state index in [1.807, 2.05) is 12.1 Å². The molecule has 0 radical (unpaired) electrons. The van der Waals surface area contributed by atoms with Crippen LogP contribution in [0.3, 0.4) is 0 Å². The molecule has 0 atom stereocenters. The number of ether oxygens (including phenoxy) is 1. The molecule has 25 heavy (non-hydrogen) atoms. The van der Waals surface area contributed by atoms with Gasteiger partial charge in [0.2, 0.25) is 0 Å². The second kappa shape index (κ2) is 7.66. The molecule has 0 unspecified atom stereocenters. The third-order valence-corrected chi connectivity index (χ3v) is 5.03. The van der Waals surface area contributed by atoms with Crippen LogP contribution in [0.2, 0.25) is 0 Å². The summed E-state index contributed by atoms with van der Waals surface area (Å²) in [5, 5.41) is 19.1. The quantitative estimate of drug-likeness (QED) is 0.590. The van der Waals surface area contributed by atoms with Crippen LogP contribution in [0.4, 0.5) is 5.69 Å². The van der Waals surface area contributed by atoms with Gasteiger partial charge in [0.15, 0.2) is 0 Å². The first-order chi connectivity index (χ1) is 11.6. The zero-order chi connectivity index (χ0) is 18.7. The Bertz CT molecular complexity index is 603. The minimum atomic E-state index is -2.31. The molecule has 1 heterocycles. The lowest BCUT2D eigenvalue weighted by Crippen LogP contribution is -2.54. The summed E-state index contributed by atoms with van der Waals surface area (Å²) < 4.78 is 7.69. The van der Waals surface area contributed by atoms with E-state index < -0.39 is 23.1 Å². The van der Waals surface area contributed by atoms with Crippen LogP contribution in [0.5, 0.6) is 0 Å². The highest BCUT2D eigenvalue weighted by molar-refractivity contribution is 8.00. The van der Waals surface area contributed by atoms with E-state index in [4.69, 9.17) is 4.74 Å². The van der Waals surface area contributed by atoms with E-state index in [0.717, 1.165) is 24.4 Å². The van der Waals surface area contributed by atoms with Gasteiger partial charge in [0.1, 0.15) is 0 Å². The molecule has 0 saturated carbocycles. The summed E-state index contributed by atoms with van der Waals surface area (Å²) in [5.74, 6) is -1.90. The highest BCUT2D eigenvalue weighted by Gasteiger charge is 2.50. The van der Waals surface area contributed by atoms with Crippen LogP contribution in [0.15, 0.2) is 24.3 Å². The number of carboxylic acids is 2. The second-order valence-electron chi connectivity index (χ2n) is 7.14. The van der Waals surface area contributed by atoms with Gasteiger partial charge in [-0.25, -0.2) is 9.59 Å². The molecule has 0 aromatic heterocycles. The third-order valence-electron chi connectivity index (χ3n) is 3.85. The number of carboxylic acid groups (broad SMARTS) is 2. The molecule has 7 heteroatoms. The number of hydrogen-bond donors (Lipinski definition) is 2. The summed E-state index contributed by atoms with van der Waals surface area (Å²) in [6.07, 6.45) is 2.13. The molecule has 0 aliphatic carbocycles. The van der Waals surface area contributed by atoms with Gasteiger partial charge in [0, 0.05) is 24.4 Å². The maximum Gasteiger partial charge on any atom is 0.348 e. The fourth-order valence-corrected chi connectivity index (χ4v) is 3.84. The van der Waals surface area contributed by atoms with Crippen LogP contribution in [0, 0.1) is 0 Å². The monoisotopic (exact) mass is 367 g/mol. The molecule has 2 N–H and O–H groups in total. The maximum absolute atomic E-state index is 11.7. The summed E-state index contributed by atoms with van der Waals surface area (Å²) in [4.78, 5) is 23.5. The number of carbonyl (C=O) groups is 2. The first-order valence-electron chi connectivity index (χ1n) is 8.30. The largest absolute Gasteiger partial charge is 0.479 e. The van der Waals surface area contributed by atoms with Gasteiger partial charge in [0.25, 0.3) is 5.60 Å². The molecule has 138 valence electrons. The lowest BCUT2D eigenvalue weighted by Gasteiger charge is -2.33. The van der Waals surface area contributed by atoms with Gasteiger partial charge < -0.3 is 19.3 Å². The Hall–Kier alpha value is -1.73. The molecule has 0 bridgehead atoms. The van der Waals surface area contributed by atoms with Crippen molar-refractivity contribution in [3.05, 3.63) is 29.8 Å². The summed E-state index contributed by atoms with van der Waals surface area (Å²) in [6.45, 7) is 5.91. The fourth-order valence-electron chi connectivity index (χ4n) is 2.76. The number of nitrogens with zero attached hydrogens (tertiary/aromatic N) is 1. The second-order valence-corrected chi connectivity index (χ2v) is 8.24. The summed E-state index contributed by atoms with van der Waals surface area (Å²) >= 11 is 1.77. The first-order valence-corrected chi connectivity index (χ1v) is 9.25. The van der Waals surface area contributed by atoms with Gasteiger partial charge in [-0.05, 0) is 63.3 Å². The molecule has 0 spiro atoms. The van der Waals surface area contributed by atoms with Crippen molar-refractivity contribution in [2.45, 2.75) is 51.2 Å². The zero-order valence-electron chi connectivity index (χ0n) is 14.8. The Morgan fingerprint density at radius 3 is 2.16 bits per heavy atom. The Balaban J connectivity index is 2.23. The average molecular weight is 367 g/mol. The average Bonchev–Trinajstić information content (AvgIpc) is 2.54. The van der Waals surface area contributed by atoms with E-state index in [0.29, 0.717) is 5.56 Å². The summed E-state index contributed by atoms with van der Waals surface area (Å²) in [5.41, 5.74) is -1.55. The van der Waals surface area contributed by atoms with Crippen molar-refractivity contribution >= 4 is 29.6 Å². The van der Waals surface area contributed by atoms with Gasteiger partial charge in [-0.2, -0.15) is 0 Å². The van der Waals surface area contributed by atoms with Gasteiger partial charge >= 0.3 is 11.9 Å². The molecular formula is C18H25NO5S. The maximum atomic E-state index is 11.7. The first kappa shape index (κ1) is 19.6. The molecule has 1 aliphatic rings. The Labute approximate surface area is 152 Å². The van der Waals surface area contributed by atoms with E-state index in [-0.39, 0.29) is 6.42 Å². The van der Waals surface area contributed by atoms with Gasteiger partial charge in [-0.15, -0.1) is 0 Å². The number of rotatable bonds is 6. The minimum absolute atomic E-state index is 0.234. The van der Waals surface area contributed by atoms with Crippen molar-refractivity contribution < 1.29 is 24.5 Å². The van der Waals surface area contributed by atoms with E-state index >= 15 is 0 Å². The summed E-state index contributed by atoms with van der Waals surface area (Å²) in [7, 11) is 0.